The van der Waals surface area contributed by atoms with Crippen LogP contribution in [-0.4, -0.2) is 20.8 Å². The van der Waals surface area contributed by atoms with E-state index < -0.39 is 0 Å². The van der Waals surface area contributed by atoms with Crippen molar-refractivity contribution in [2.24, 2.45) is 7.05 Å². The Labute approximate surface area is 129 Å². The minimum absolute atomic E-state index is 0.0737. The third-order valence-corrected chi connectivity index (χ3v) is 4.46. The monoisotopic (exact) mass is 302 g/mol. The van der Waals surface area contributed by atoms with E-state index in [0.717, 1.165) is 22.8 Å². The van der Waals surface area contributed by atoms with Crippen LogP contribution in [0, 0.1) is 13.8 Å². The van der Waals surface area contributed by atoms with Crippen LogP contribution >= 0.6 is 0 Å². The summed E-state index contributed by atoms with van der Waals surface area (Å²) >= 11 is 0. The molecule has 0 aliphatic heterocycles. The highest BCUT2D eigenvalue weighted by Crippen LogP contribution is 2.34. The maximum Gasteiger partial charge on any atom is 0.230 e. The molecule has 0 bridgehead atoms. The first-order chi connectivity index (χ1) is 10.5. The fraction of sp³-hybridized carbons (Fsp3) is 0.562. The zero-order valence-electron chi connectivity index (χ0n) is 13.3. The molecule has 0 spiro atoms. The van der Waals surface area contributed by atoms with Gasteiger partial charge in [-0.25, -0.2) is 0 Å². The molecule has 118 valence electrons. The fourth-order valence-electron chi connectivity index (χ4n) is 3.13. The molecule has 1 fully saturated rings. The molecule has 1 saturated carbocycles. The van der Waals surface area contributed by atoms with Crippen LogP contribution in [0.25, 0.3) is 0 Å². The van der Waals surface area contributed by atoms with Crippen LogP contribution in [0.2, 0.25) is 0 Å². The van der Waals surface area contributed by atoms with Gasteiger partial charge in [0.25, 0.3) is 0 Å². The lowest BCUT2D eigenvalue weighted by Gasteiger charge is -2.04. The Bertz CT molecular complexity index is 661. The molecule has 0 aromatic carbocycles. The Morgan fingerprint density at radius 2 is 2.14 bits per heavy atom. The summed E-state index contributed by atoms with van der Waals surface area (Å²) in [6, 6.07) is 2.00. The van der Waals surface area contributed by atoms with E-state index >= 15 is 0 Å². The number of amides is 1. The van der Waals surface area contributed by atoms with Gasteiger partial charge in [0.2, 0.25) is 5.91 Å². The molecule has 2 aromatic heterocycles. The quantitative estimate of drug-likeness (QED) is 0.942. The fourth-order valence-corrected chi connectivity index (χ4v) is 3.13. The van der Waals surface area contributed by atoms with Gasteiger partial charge in [0.1, 0.15) is 11.6 Å². The lowest BCUT2D eigenvalue weighted by Crippen LogP contribution is -2.17. The minimum Gasteiger partial charge on any atom is -0.361 e. The Balaban J connectivity index is 1.69. The van der Waals surface area contributed by atoms with Gasteiger partial charge in [-0.2, -0.15) is 5.10 Å². The smallest absolute Gasteiger partial charge is 0.230 e. The zero-order chi connectivity index (χ0) is 15.7. The van der Waals surface area contributed by atoms with E-state index in [-0.39, 0.29) is 12.3 Å². The molecule has 0 atom stereocenters. The maximum absolute atomic E-state index is 12.2. The van der Waals surface area contributed by atoms with E-state index in [2.05, 4.69) is 15.6 Å². The second-order valence-electron chi connectivity index (χ2n) is 6.09. The maximum atomic E-state index is 12.2. The molecule has 1 aliphatic carbocycles. The van der Waals surface area contributed by atoms with E-state index in [0.29, 0.717) is 11.7 Å². The summed E-state index contributed by atoms with van der Waals surface area (Å²) in [6.45, 7) is 3.67. The average Bonchev–Trinajstić information content (AvgIpc) is 3.18. The second kappa shape index (κ2) is 5.94. The van der Waals surface area contributed by atoms with E-state index in [1.165, 1.54) is 25.7 Å². The number of anilines is 1. The molecule has 0 saturated heterocycles. The largest absolute Gasteiger partial charge is 0.361 e. The predicted molar refractivity (Wildman–Crippen MR) is 82.7 cm³/mol. The van der Waals surface area contributed by atoms with Crippen molar-refractivity contribution < 1.29 is 9.32 Å². The third kappa shape index (κ3) is 2.91. The van der Waals surface area contributed by atoms with E-state index in [1.807, 2.05) is 27.0 Å². The number of nitrogens with one attached hydrogen (secondary N) is 1. The van der Waals surface area contributed by atoms with Gasteiger partial charge >= 0.3 is 0 Å². The molecule has 1 amide bonds. The van der Waals surface area contributed by atoms with Gasteiger partial charge in [-0.3, -0.25) is 9.48 Å². The normalized spacial score (nSPS) is 15.4. The van der Waals surface area contributed by atoms with Crippen LogP contribution in [0.15, 0.2) is 10.6 Å². The van der Waals surface area contributed by atoms with Crippen molar-refractivity contribution in [3.05, 3.63) is 28.8 Å². The van der Waals surface area contributed by atoms with Gasteiger partial charge in [-0.1, -0.05) is 18.0 Å². The van der Waals surface area contributed by atoms with Gasteiger partial charge in [0, 0.05) is 24.6 Å². The summed E-state index contributed by atoms with van der Waals surface area (Å²) in [5.41, 5.74) is 2.72. The average molecular weight is 302 g/mol. The van der Waals surface area contributed by atoms with E-state index in [4.69, 9.17) is 4.52 Å². The SMILES string of the molecule is Cc1noc(C)c1CC(=O)Nc1cc(C2CCCC2)nn1C. The number of hydrogen-bond acceptors (Lipinski definition) is 4. The number of rotatable bonds is 4. The topological polar surface area (TPSA) is 73.0 Å². The molecule has 0 radical (unpaired) electrons. The predicted octanol–water partition coefficient (Wildman–Crippen LogP) is 2.86. The molecular formula is C16H22N4O2. The first kappa shape index (κ1) is 14.8. The number of hydrogen-bond donors (Lipinski definition) is 1. The van der Waals surface area contributed by atoms with Crippen molar-refractivity contribution in [2.75, 3.05) is 5.32 Å². The third-order valence-electron chi connectivity index (χ3n) is 4.46. The first-order valence-corrected chi connectivity index (χ1v) is 7.80. The minimum atomic E-state index is -0.0737. The van der Waals surface area contributed by atoms with Crippen LogP contribution in [0.3, 0.4) is 0 Å². The van der Waals surface area contributed by atoms with Gasteiger partial charge in [-0.05, 0) is 26.7 Å². The van der Waals surface area contributed by atoms with Crippen molar-refractivity contribution >= 4 is 11.7 Å². The van der Waals surface area contributed by atoms with E-state index in [9.17, 15) is 4.79 Å². The molecule has 22 heavy (non-hydrogen) atoms. The van der Waals surface area contributed by atoms with Crippen LogP contribution < -0.4 is 5.32 Å². The van der Waals surface area contributed by atoms with Gasteiger partial charge in [0.05, 0.1) is 17.8 Å². The summed E-state index contributed by atoms with van der Waals surface area (Å²) in [7, 11) is 1.87. The summed E-state index contributed by atoms with van der Waals surface area (Å²) in [5.74, 6) is 1.91. The number of aryl methyl sites for hydroxylation is 3. The molecule has 2 heterocycles. The Hall–Kier alpha value is -2.11. The lowest BCUT2D eigenvalue weighted by molar-refractivity contribution is -0.115. The molecule has 2 aromatic rings. The molecular weight excluding hydrogens is 280 g/mol. The Kier molecular flexibility index (Phi) is 4.00. The Morgan fingerprint density at radius 3 is 2.77 bits per heavy atom. The van der Waals surface area contributed by atoms with Crippen molar-refractivity contribution in [2.45, 2.75) is 51.9 Å². The van der Waals surface area contributed by atoms with Crippen molar-refractivity contribution in [3.63, 3.8) is 0 Å². The standard InChI is InChI=1S/C16H22N4O2/c1-10-13(11(2)22-19-10)8-16(21)17-15-9-14(18-20(15)3)12-6-4-5-7-12/h9,12H,4-8H2,1-3H3,(H,17,21). The Morgan fingerprint density at radius 1 is 1.41 bits per heavy atom. The number of nitrogens with zero attached hydrogens (tertiary/aromatic N) is 3. The summed E-state index contributed by atoms with van der Waals surface area (Å²) < 4.78 is 6.84. The highest BCUT2D eigenvalue weighted by Gasteiger charge is 2.21. The number of carbonyl (C=O) groups excluding carboxylic acids is 1. The van der Waals surface area contributed by atoms with Crippen LogP contribution in [0.5, 0.6) is 0 Å². The molecule has 6 nitrogen and oxygen atoms in total. The van der Waals surface area contributed by atoms with Crippen molar-refractivity contribution in [3.8, 4) is 0 Å². The molecule has 6 heteroatoms. The van der Waals surface area contributed by atoms with Crippen LogP contribution in [-0.2, 0) is 18.3 Å². The zero-order valence-corrected chi connectivity index (χ0v) is 13.3. The molecule has 3 rings (SSSR count). The summed E-state index contributed by atoms with van der Waals surface area (Å²) in [5, 5.41) is 11.4. The molecule has 1 aliphatic rings. The molecule has 0 unspecified atom stereocenters. The molecule has 1 N–H and O–H groups in total. The van der Waals surface area contributed by atoms with Crippen LogP contribution in [0.4, 0.5) is 5.82 Å². The second-order valence-corrected chi connectivity index (χ2v) is 6.09. The van der Waals surface area contributed by atoms with Crippen molar-refractivity contribution in [1.82, 2.24) is 14.9 Å². The highest BCUT2D eigenvalue weighted by molar-refractivity contribution is 5.91. The summed E-state index contributed by atoms with van der Waals surface area (Å²) in [4.78, 5) is 12.2. The van der Waals surface area contributed by atoms with E-state index in [1.54, 1.807) is 4.68 Å². The van der Waals surface area contributed by atoms with Gasteiger partial charge < -0.3 is 9.84 Å². The number of carbonyl (C=O) groups is 1. The van der Waals surface area contributed by atoms with Gasteiger partial charge in [0.15, 0.2) is 0 Å². The van der Waals surface area contributed by atoms with Crippen molar-refractivity contribution in [1.29, 1.82) is 0 Å². The highest BCUT2D eigenvalue weighted by atomic mass is 16.5. The van der Waals surface area contributed by atoms with Gasteiger partial charge in [-0.15, -0.1) is 0 Å². The number of aromatic nitrogens is 3. The van der Waals surface area contributed by atoms with Crippen LogP contribution in [0.1, 0.15) is 54.3 Å². The first-order valence-electron chi connectivity index (χ1n) is 7.80. The summed E-state index contributed by atoms with van der Waals surface area (Å²) in [6.07, 6.45) is 5.21. The lowest BCUT2D eigenvalue weighted by atomic mass is 10.0.